The van der Waals surface area contributed by atoms with Crippen LogP contribution in [0, 0.1) is 5.92 Å². The molecule has 2 aliphatic rings. The fourth-order valence-electron chi connectivity index (χ4n) is 2.93. The molecule has 2 fully saturated rings. The van der Waals surface area contributed by atoms with Crippen LogP contribution in [0.1, 0.15) is 37.5 Å². The van der Waals surface area contributed by atoms with E-state index in [9.17, 15) is 9.59 Å². The Balaban J connectivity index is 1.85. The lowest BCUT2D eigenvalue weighted by atomic mass is 10.0. The Labute approximate surface area is 137 Å². The van der Waals surface area contributed by atoms with E-state index in [2.05, 4.69) is 21.2 Å². The molecule has 0 bridgehead atoms. The molecule has 21 heavy (non-hydrogen) atoms. The van der Waals surface area contributed by atoms with Crippen molar-refractivity contribution < 1.29 is 9.59 Å². The first-order valence-electron chi connectivity index (χ1n) is 7.44. The highest BCUT2D eigenvalue weighted by Crippen LogP contribution is 2.38. The number of hydrogen-bond donors (Lipinski definition) is 1. The van der Waals surface area contributed by atoms with Gasteiger partial charge in [0.15, 0.2) is 0 Å². The maximum Gasteiger partial charge on any atom is 0.246 e. The van der Waals surface area contributed by atoms with Crippen LogP contribution in [0.5, 0.6) is 0 Å². The van der Waals surface area contributed by atoms with E-state index < -0.39 is 0 Å². The topological polar surface area (TPSA) is 49.4 Å². The normalized spacial score (nSPS) is 26.1. The first-order chi connectivity index (χ1) is 10.1. The second-order valence-corrected chi connectivity index (χ2v) is 7.64. The molecule has 2 amide bonds. The van der Waals surface area contributed by atoms with E-state index in [1.54, 1.807) is 11.3 Å². The molecule has 2 heterocycles. The van der Waals surface area contributed by atoms with Gasteiger partial charge in [-0.05, 0) is 52.6 Å². The van der Waals surface area contributed by atoms with Crippen LogP contribution < -0.4 is 5.32 Å². The van der Waals surface area contributed by atoms with Gasteiger partial charge in [-0.15, -0.1) is 11.3 Å². The molecule has 3 rings (SSSR count). The molecular formula is C15H19BrN2O2S. The first kappa shape index (κ1) is 15.0. The van der Waals surface area contributed by atoms with E-state index in [0.717, 1.165) is 28.6 Å². The summed E-state index contributed by atoms with van der Waals surface area (Å²) < 4.78 is 1.02. The lowest BCUT2D eigenvalue weighted by Crippen LogP contribution is -2.63. The van der Waals surface area contributed by atoms with E-state index >= 15 is 0 Å². The average Bonchev–Trinajstić information content (AvgIpc) is 3.20. The minimum absolute atomic E-state index is 0.0308. The van der Waals surface area contributed by atoms with Gasteiger partial charge in [-0.2, -0.15) is 0 Å². The summed E-state index contributed by atoms with van der Waals surface area (Å²) in [4.78, 5) is 28.1. The summed E-state index contributed by atoms with van der Waals surface area (Å²) in [6.07, 6.45) is 3.70. The summed E-state index contributed by atoms with van der Waals surface area (Å²) in [5.41, 5.74) is 0. The third kappa shape index (κ3) is 3.01. The quantitative estimate of drug-likeness (QED) is 0.865. The van der Waals surface area contributed by atoms with Gasteiger partial charge in [-0.25, -0.2) is 0 Å². The summed E-state index contributed by atoms with van der Waals surface area (Å²) in [7, 11) is 0. The average molecular weight is 371 g/mol. The van der Waals surface area contributed by atoms with Crippen molar-refractivity contribution >= 4 is 39.1 Å². The predicted octanol–water partition coefficient (Wildman–Crippen LogP) is 2.92. The summed E-state index contributed by atoms with van der Waals surface area (Å²) in [6, 6.07) is 1.36. The van der Waals surface area contributed by atoms with E-state index in [4.69, 9.17) is 0 Å². The maximum atomic E-state index is 12.7. The summed E-state index contributed by atoms with van der Waals surface area (Å²) in [5.74, 6) is 0.451. The smallest absolute Gasteiger partial charge is 0.246 e. The third-order valence-electron chi connectivity index (χ3n) is 4.15. The van der Waals surface area contributed by atoms with Crippen LogP contribution in [0.4, 0.5) is 0 Å². The Morgan fingerprint density at radius 1 is 1.43 bits per heavy atom. The molecule has 1 aromatic heterocycles. The molecule has 0 spiro atoms. The van der Waals surface area contributed by atoms with Crippen molar-refractivity contribution in [2.24, 2.45) is 5.92 Å². The molecule has 1 N–H and O–H groups in total. The van der Waals surface area contributed by atoms with Crippen LogP contribution in [-0.2, 0) is 16.1 Å². The number of nitrogens with one attached hydrogen (secondary N) is 1. The van der Waals surface area contributed by atoms with Gasteiger partial charge in [0.2, 0.25) is 11.8 Å². The molecule has 0 aromatic carbocycles. The molecule has 1 aliphatic heterocycles. The van der Waals surface area contributed by atoms with Gasteiger partial charge in [0.05, 0.1) is 6.54 Å². The number of hydrogen-bond acceptors (Lipinski definition) is 3. The number of halogens is 1. The molecule has 1 aromatic rings. The number of rotatable bonds is 5. The Kier molecular flexibility index (Phi) is 4.36. The van der Waals surface area contributed by atoms with Crippen molar-refractivity contribution in [1.82, 2.24) is 10.2 Å². The highest BCUT2D eigenvalue weighted by molar-refractivity contribution is 9.10. The van der Waals surface area contributed by atoms with Gasteiger partial charge >= 0.3 is 0 Å². The minimum Gasteiger partial charge on any atom is -0.342 e. The second-order valence-electron chi connectivity index (χ2n) is 5.79. The van der Waals surface area contributed by atoms with Gasteiger partial charge in [-0.3, -0.25) is 9.59 Å². The van der Waals surface area contributed by atoms with Crippen LogP contribution >= 0.6 is 27.3 Å². The Morgan fingerprint density at radius 3 is 2.76 bits per heavy atom. The molecule has 6 heteroatoms. The summed E-state index contributed by atoms with van der Waals surface area (Å²) in [5, 5.41) is 4.93. The number of thiophene rings is 1. The fraction of sp³-hybridized carbons (Fsp3) is 0.600. The lowest BCUT2D eigenvalue weighted by Gasteiger charge is -2.39. The Bertz CT molecular complexity index is 556. The zero-order chi connectivity index (χ0) is 15.0. The van der Waals surface area contributed by atoms with Crippen LogP contribution in [0.3, 0.4) is 0 Å². The maximum absolute atomic E-state index is 12.7. The molecule has 1 aliphatic carbocycles. The largest absolute Gasteiger partial charge is 0.342 e. The molecule has 114 valence electrons. The molecule has 4 nitrogen and oxygen atoms in total. The molecular weight excluding hydrogens is 352 g/mol. The van der Waals surface area contributed by atoms with E-state index in [1.807, 2.05) is 23.3 Å². The first-order valence-corrected chi connectivity index (χ1v) is 9.11. The summed E-state index contributed by atoms with van der Waals surface area (Å²) in [6.45, 7) is 2.57. The van der Waals surface area contributed by atoms with Crippen LogP contribution in [-0.4, -0.2) is 28.8 Å². The van der Waals surface area contributed by atoms with E-state index in [-0.39, 0.29) is 23.9 Å². The van der Waals surface area contributed by atoms with Gasteiger partial charge < -0.3 is 10.2 Å². The van der Waals surface area contributed by atoms with Crippen LogP contribution in [0.2, 0.25) is 0 Å². The molecule has 0 radical (unpaired) electrons. The highest BCUT2D eigenvalue weighted by atomic mass is 79.9. The van der Waals surface area contributed by atoms with Crippen molar-refractivity contribution in [3.63, 3.8) is 0 Å². The molecule has 1 saturated carbocycles. The zero-order valence-corrected chi connectivity index (χ0v) is 14.4. The SMILES string of the molecule is CCCC1NC(=O)C(C2CC2)N(Cc2sccc2Br)C1=O. The molecule has 2 unspecified atom stereocenters. The van der Waals surface area contributed by atoms with Crippen molar-refractivity contribution in [2.45, 2.75) is 51.2 Å². The monoisotopic (exact) mass is 370 g/mol. The Morgan fingerprint density at radius 2 is 2.19 bits per heavy atom. The van der Waals surface area contributed by atoms with Crippen molar-refractivity contribution in [3.05, 3.63) is 20.8 Å². The fourth-order valence-corrected chi connectivity index (χ4v) is 4.41. The van der Waals surface area contributed by atoms with E-state index in [1.165, 1.54) is 0 Å². The van der Waals surface area contributed by atoms with E-state index in [0.29, 0.717) is 18.9 Å². The minimum atomic E-state index is -0.351. The van der Waals surface area contributed by atoms with Gasteiger partial charge in [0.25, 0.3) is 0 Å². The van der Waals surface area contributed by atoms with Crippen molar-refractivity contribution in [1.29, 1.82) is 0 Å². The second kappa shape index (κ2) is 6.08. The van der Waals surface area contributed by atoms with Crippen LogP contribution in [0.15, 0.2) is 15.9 Å². The van der Waals surface area contributed by atoms with Gasteiger partial charge in [0, 0.05) is 9.35 Å². The number of carbonyl (C=O) groups is 2. The zero-order valence-electron chi connectivity index (χ0n) is 12.0. The number of nitrogens with zero attached hydrogens (tertiary/aromatic N) is 1. The van der Waals surface area contributed by atoms with Crippen molar-refractivity contribution in [2.75, 3.05) is 0 Å². The predicted molar refractivity (Wildman–Crippen MR) is 85.9 cm³/mol. The Hall–Kier alpha value is -0.880. The van der Waals surface area contributed by atoms with Crippen molar-refractivity contribution in [3.8, 4) is 0 Å². The number of carbonyl (C=O) groups excluding carboxylic acids is 2. The molecule has 1 saturated heterocycles. The highest BCUT2D eigenvalue weighted by Gasteiger charge is 2.47. The van der Waals surface area contributed by atoms with Gasteiger partial charge in [-0.1, -0.05) is 13.3 Å². The standard InChI is InChI=1S/C15H19BrN2O2S/c1-2-3-11-15(20)18(8-12-10(16)6-7-21-12)13(9-4-5-9)14(19)17-11/h6-7,9,11,13H,2-5,8H2,1H3,(H,17,19). The third-order valence-corrected chi connectivity index (χ3v) is 6.06. The number of piperazine rings is 1. The van der Waals surface area contributed by atoms with Gasteiger partial charge in [0.1, 0.15) is 12.1 Å². The lowest BCUT2D eigenvalue weighted by molar-refractivity contribution is -0.151. The summed E-state index contributed by atoms with van der Waals surface area (Å²) >= 11 is 5.14. The van der Waals surface area contributed by atoms with Crippen LogP contribution in [0.25, 0.3) is 0 Å². The number of amides is 2. The molecule has 2 atom stereocenters.